The van der Waals surface area contributed by atoms with Crippen LogP contribution in [0.15, 0.2) is 24.8 Å². The normalized spacial score (nSPS) is 13.8. The van der Waals surface area contributed by atoms with Gasteiger partial charge in [-0.05, 0) is 77.5 Å². The molecule has 0 saturated carbocycles. The van der Waals surface area contributed by atoms with Gasteiger partial charge in [-0.2, -0.15) is 0 Å². The SMILES string of the molecule is C=C(O[Si](C)(C)C(C)(C)C)c1c(CO)cc2cc(OC)cc(O[Si](C)(C)C(C)(C)C)c2c1O[Si](C)(C)C(C)(C)C. The van der Waals surface area contributed by atoms with Crippen LogP contribution in [-0.4, -0.2) is 37.2 Å². The molecular weight excluding hydrogens is 549 g/mol. The molecule has 0 aliphatic heterocycles. The molecule has 0 fully saturated rings. The third-order valence-corrected chi connectivity index (χ3v) is 22.5. The summed E-state index contributed by atoms with van der Waals surface area (Å²) in [6.45, 7) is 37.7. The second-order valence-electron chi connectivity index (χ2n) is 15.6. The van der Waals surface area contributed by atoms with E-state index in [0.717, 1.165) is 27.6 Å². The third kappa shape index (κ3) is 6.99. The van der Waals surface area contributed by atoms with E-state index in [1.54, 1.807) is 7.11 Å². The van der Waals surface area contributed by atoms with Crippen LogP contribution in [-0.2, 0) is 11.0 Å². The molecule has 0 spiro atoms. The van der Waals surface area contributed by atoms with Crippen molar-refractivity contribution in [2.75, 3.05) is 7.11 Å². The van der Waals surface area contributed by atoms with Crippen LogP contribution in [0.3, 0.4) is 0 Å². The zero-order valence-electron chi connectivity index (χ0n) is 28.2. The van der Waals surface area contributed by atoms with E-state index in [4.69, 9.17) is 18.0 Å². The summed E-state index contributed by atoms with van der Waals surface area (Å²) in [5.41, 5.74) is 1.45. The van der Waals surface area contributed by atoms with Gasteiger partial charge < -0.3 is 23.1 Å². The molecule has 2 rings (SSSR count). The van der Waals surface area contributed by atoms with Crippen LogP contribution in [0, 0.1) is 0 Å². The van der Waals surface area contributed by atoms with Crippen LogP contribution >= 0.6 is 0 Å². The van der Waals surface area contributed by atoms with Gasteiger partial charge in [0.15, 0.2) is 0 Å². The van der Waals surface area contributed by atoms with Crippen LogP contribution < -0.4 is 13.6 Å². The Kier molecular flexibility index (Phi) is 9.61. The molecule has 0 bridgehead atoms. The molecule has 0 heterocycles. The number of aliphatic hydroxyl groups excluding tert-OH is 1. The second-order valence-corrected chi connectivity index (χ2v) is 29.8. The summed E-state index contributed by atoms with van der Waals surface area (Å²) in [6, 6.07) is 5.97. The molecule has 0 atom stereocenters. The number of rotatable bonds is 9. The lowest BCUT2D eigenvalue weighted by molar-refractivity contribution is 0.280. The topological polar surface area (TPSA) is 57.2 Å². The summed E-state index contributed by atoms with van der Waals surface area (Å²) in [6.07, 6.45) is 0. The molecule has 40 heavy (non-hydrogen) atoms. The summed E-state index contributed by atoms with van der Waals surface area (Å²) in [7, 11) is -5.16. The predicted molar refractivity (Wildman–Crippen MR) is 179 cm³/mol. The molecule has 0 unspecified atom stereocenters. The molecule has 2 aromatic carbocycles. The summed E-state index contributed by atoms with van der Waals surface area (Å²) in [5, 5.41) is 12.4. The highest BCUT2D eigenvalue weighted by atomic mass is 28.4. The molecule has 1 N–H and O–H groups in total. The van der Waals surface area contributed by atoms with E-state index in [0.29, 0.717) is 17.3 Å². The first kappa shape index (κ1) is 34.5. The van der Waals surface area contributed by atoms with Crippen molar-refractivity contribution < 1.29 is 23.1 Å². The third-order valence-electron chi connectivity index (χ3n) is 9.42. The maximum Gasteiger partial charge on any atom is 0.250 e. The van der Waals surface area contributed by atoms with Crippen LogP contribution in [0.2, 0.25) is 54.4 Å². The Morgan fingerprint density at radius 2 is 1.23 bits per heavy atom. The number of fused-ring (bicyclic) bond motifs is 1. The molecule has 226 valence electrons. The van der Waals surface area contributed by atoms with Gasteiger partial charge in [-0.1, -0.05) is 68.9 Å². The highest BCUT2D eigenvalue weighted by Gasteiger charge is 2.44. The van der Waals surface area contributed by atoms with Gasteiger partial charge in [-0.15, -0.1) is 0 Å². The number of methoxy groups -OCH3 is 1. The van der Waals surface area contributed by atoms with Crippen LogP contribution in [0.25, 0.3) is 16.5 Å². The number of hydrogen-bond donors (Lipinski definition) is 1. The van der Waals surface area contributed by atoms with Crippen molar-refractivity contribution >= 4 is 41.5 Å². The van der Waals surface area contributed by atoms with Crippen LogP contribution in [0.5, 0.6) is 17.2 Å². The van der Waals surface area contributed by atoms with Crippen molar-refractivity contribution in [3.8, 4) is 17.2 Å². The van der Waals surface area contributed by atoms with E-state index in [2.05, 4.69) is 108 Å². The van der Waals surface area contributed by atoms with Crippen LogP contribution in [0.4, 0.5) is 0 Å². The lowest BCUT2D eigenvalue weighted by atomic mass is 9.97. The first-order valence-electron chi connectivity index (χ1n) is 14.3. The molecular formula is C32H56O5Si3. The fourth-order valence-corrected chi connectivity index (χ4v) is 6.64. The smallest absolute Gasteiger partial charge is 0.250 e. The van der Waals surface area contributed by atoms with E-state index in [-0.39, 0.29) is 21.7 Å². The minimum atomic E-state index is -2.35. The van der Waals surface area contributed by atoms with Crippen molar-refractivity contribution in [3.05, 3.63) is 35.9 Å². The van der Waals surface area contributed by atoms with Gasteiger partial charge in [0.2, 0.25) is 8.32 Å². The van der Waals surface area contributed by atoms with Gasteiger partial charge in [-0.25, -0.2) is 0 Å². The highest BCUT2D eigenvalue weighted by molar-refractivity contribution is 6.76. The summed E-state index contributed by atoms with van der Waals surface area (Å²) in [5.74, 6) is 2.67. The molecule has 0 aromatic heterocycles. The molecule has 0 saturated heterocycles. The molecule has 5 nitrogen and oxygen atoms in total. The van der Waals surface area contributed by atoms with E-state index in [9.17, 15) is 5.11 Å². The van der Waals surface area contributed by atoms with Gasteiger partial charge in [0.25, 0.3) is 16.6 Å². The minimum absolute atomic E-state index is 0.00817. The Morgan fingerprint density at radius 1 is 0.750 bits per heavy atom. The fourth-order valence-electron chi connectivity index (χ4n) is 3.58. The largest absolute Gasteiger partial charge is 0.543 e. The Balaban J connectivity index is 3.09. The van der Waals surface area contributed by atoms with Crippen molar-refractivity contribution in [3.63, 3.8) is 0 Å². The maximum atomic E-state index is 10.7. The van der Waals surface area contributed by atoms with E-state index < -0.39 is 25.0 Å². The quantitative estimate of drug-likeness (QED) is 0.228. The van der Waals surface area contributed by atoms with Gasteiger partial charge in [-0.3, -0.25) is 0 Å². The molecule has 0 aliphatic carbocycles. The Morgan fingerprint density at radius 3 is 1.65 bits per heavy atom. The number of aliphatic hydroxyl groups is 1. The van der Waals surface area contributed by atoms with Crippen molar-refractivity contribution in [2.24, 2.45) is 0 Å². The first-order chi connectivity index (χ1) is 17.8. The highest BCUT2D eigenvalue weighted by Crippen LogP contribution is 2.50. The van der Waals surface area contributed by atoms with E-state index >= 15 is 0 Å². The van der Waals surface area contributed by atoms with E-state index in [1.165, 1.54) is 0 Å². The first-order valence-corrected chi connectivity index (χ1v) is 23.1. The number of ether oxygens (including phenoxy) is 1. The van der Waals surface area contributed by atoms with Gasteiger partial charge in [0.05, 0.1) is 24.7 Å². The molecule has 8 heteroatoms. The molecule has 0 amide bonds. The lowest BCUT2D eigenvalue weighted by Crippen LogP contribution is -2.45. The van der Waals surface area contributed by atoms with Gasteiger partial charge in [0, 0.05) is 6.07 Å². The Labute approximate surface area is 247 Å². The van der Waals surface area contributed by atoms with Crippen molar-refractivity contribution in [2.45, 2.75) is 123 Å². The van der Waals surface area contributed by atoms with Crippen LogP contribution in [0.1, 0.15) is 73.4 Å². The zero-order chi connectivity index (χ0) is 31.3. The summed E-state index contributed by atoms with van der Waals surface area (Å²) >= 11 is 0. The molecule has 2 aromatic rings. The Hall–Kier alpha value is -1.75. The lowest BCUT2D eigenvalue weighted by Gasteiger charge is -2.40. The average molecular weight is 605 g/mol. The molecule has 0 radical (unpaired) electrons. The van der Waals surface area contributed by atoms with Crippen molar-refractivity contribution in [1.82, 2.24) is 0 Å². The summed E-state index contributed by atoms with van der Waals surface area (Å²) in [4.78, 5) is 0. The van der Waals surface area contributed by atoms with Gasteiger partial charge in [0.1, 0.15) is 23.0 Å². The number of hydrogen-bond acceptors (Lipinski definition) is 5. The average Bonchev–Trinajstić information content (AvgIpc) is 2.74. The Bertz CT molecular complexity index is 1240. The van der Waals surface area contributed by atoms with Gasteiger partial charge >= 0.3 is 0 Å². The molecule has 0 aliphatic rings. The summed E-state index contributed by atoms with van der Waals surface area (Å²) < 4.78 is 26.7. The second kappa shape index (κ2) is 11.2. The monoisotopic (exact) mass is 604 g/mol. The van der Waals surface area contributed by atoms with E-state index in [1.807, 2.05) is 18.2 Å². The zero-order valence-corrected chi connectivity index (χ0v) is 31.2. The minimum Gasteiger partial charge on any atom is -0.543 e. The number of benzene rings is 2. The standard InChI is InChI=1S/C32H56O5Si3/c1-22(35-38(12,13)30(2,3)4)27-24(21-33)18-23-19-25(34-11)20-26(36-39(14,15)31(5,6)7)28(23)29(27)37-40(16,17)32(8,9)10/h18-20,33H,1,21H2,2-17H3. The van der Waals surface area contributed by atoms with Crippen molar-refractivity contribution in [1.29, 1.82) is 0 Å². The maximum absolute atomic E-state index is 10.7. The predicted octanol–water partition coefficient (Wildman–Crippen LogP) is 10.1. The fraction of sp³-hybridized carbons (Fsp3) is 0.625.